The van der Waals surface area contributed by atoms with E-state index in [0.717, 1.165) is 11.3 Å². The Bertz CT molecular complexity index is 849. The fourth-order valence-corrected chi connectivity index (χ4v) is 3.45. The number of aromatic nitrogens is 2. The zero-order valence-electron chi connectivity index (χ0n) is 14.4. The molecule has 0 fully saturated rings. The predicted molar refractivity (Wildman–Crippen MR) is 96.8 cm³/mol. The van der Waals surface area contributed by atoms with Crippen LogP contribution in [0.15, 0.2) is 6.07 Å². The van der Waals surface area contributed by atoms with Crippen molar-refractivity contribution in [3.05, 3.63) is 22.3 Å². The highest BCUT2D eigenvalue weighted by Gasteiger charge is 2.27. The Balaban J connectivity index is 2.03. The van der Waals surface area contributed by atoms with Crippen molar-refractivity contribution in [3.8, 4) is 0 Å². The largest absolute Gasteiger partial charge is 0.465 e. The molecule has 0 radical (unpaired) electrons. The number of methoxy groups -OCH3 is 1. The number of anilines is 4. The van der Waals surface area contributed by atoms with Crippen molar-refractivity contribution in [2.75, 3.05) is 23.1 Å². The van der Waals surface area contributed by atoms with Crippen LogP contribution in [-0.2, 0) is 16.0 Å². The third-order valence-corrected chi connectivity index (χ3v) is 4.98. The molecule has 0 bridgehead atoms. The molecule has 25 heavy (non-hydrogen) atoms. The average molecular weight is 361 g/mol. The molecule has 3 rings (SSSR count). The number of ether oxygens (including phenoxy) is 1. The lowest BCUT2D eigenvalue weighted by Gasteiger charge is -2.25. The Morgan fingerprint density at radius 1 is 1.44 bits per heavy atom. The molecular weight excluding hydrogens is 342 g/mol. The van der Waals surface area contributed by atoms with Gasteiger partial charge < -0.3 is 20.7 Å². The van der Waals surface area contributed by atoms with Gasteiger partial charge in [-0.1, -0.05) is 6.92 Å². The number of rotatable bonds is 4. The molecule has 132 valence electrons. The molecule has 1 aliphatic rings. The van der Waals surface area contributed by atoms with E-state index >= 15 is 0 Å². The molecule has 1 amide bonds. The predicted octanol–water partition coefficient (Wildman–Crippen LogP) is 2.69. The maximum Gasteiger partial charge on any atom is 0.340 e. The van der Waals surface area contributed by atoms with Gasteiger partial charge in [-0.25, -0.2) is 14.8 Å². The Morgan fingerprint density at radius 2 is 2.20 bits per heavy atom. The maximum atomic E-state index is 12.0. The lowest BCUT2D eigenvalue weighted by Crippen LogP contribution is -2.37. The standard InChI is InChI=1S/C16H19N5O3S/c1-5-9-6-10(16(23)24-4)15(25-9)21-13-11-12(18-8(3)19-13)17-7(2)14(22)20-11/h6-7H,5H2,1-4H3,(H,20,22)(H2,17,18,19,21). The van der Waals surface area contributed by atoms with Crippen LogP contribution in [0.25, 0.3) is 0 Å². The molecule has 3 heterocycles. The zero-order chi connectivity index (χ0) is 18.1. The number of nitrogens with zero attached hydrogens (tertiary/aromatic N) is 2. The molecule has 8 nitrogen and oxygen atoms in total. The first-order valence-electron chi connectivity index (χ1n) is 7.87. The number of carbonyl (C=O) groups excluding carboxylic acids is 2. The van der Waals surface area contributed by atoms with Gasteiger partial charge in [-0.3, -0.25) is 4.79 Å². The Labute approximate surface area is 149 Å². The average Bonchev–Trinajstić information content (AvgIpc) is 2.99. The number of aryl methyl sites for hydroxylation is 2. The molecule has 1 unspecified atom stereocenters. The number of fused-ring (bicyclic) bond motifs is 1. The molecule has 2 aromatic rings. The topological polar surface area (TPSA) is 105 Å². The van der Waals surface area contributed by atoms with Gasteiger partial charge >= 0.3 is 5.97 Å². The summed E-state index contributed by atoms with van der Waals surface area (Å²) in [6.07, 6.45) is 0.799. The summed E-state index contributed by atoms with van der Waals surface area (Å²) in [6, 6.07) is 1.42. The van der Waals surface area contributed by atoms with Gasteiger partial charge in [-0.2, -0.15) is 0 Å². The van der Waals surface area contributed by atoms with E-state index < -0.39 is 5.97 Å². The van der Waals surface area contributed by atoms with Gasteiger partial charge in [0.05, 0.1) is 12.7 Å². The molecule has 0 aromatic carbocycles. The molecule has 3 N–H and O–H groups in total. The zero-order valence-corrected chi connectivity index (χ0v) is 15.2. The van der Waals surface area contributed by atoms with Crippen LogP contribution in [0, 0.1) is 6.92 Å². The van der Waals surface area contributed by atoms with E-state index in [1.807, 2.05) is 6.92 Å². The number of amides is 1. The highest BCUT2D eigenvalue weighted by molar-refractivity contribution is 7.16. The summed E-state index contributed by atoms with van der Waals surface area (Å²) in [4.78, 5) is 33.8. The van der Waals surface area contributed by atoms with E-state index in [-0.39, 0.29) is 11.9 Å². The van der Waals surface area contributed by atoms with E-state index in [0.29, 0.717) is 33.7 Å². The Morgan fingerprint density at radius 3 is 2.88 bits per heavy atom. The van der Waals surface area contributed by atoms with E-state index in [2.05, 4.69) is 25.9 Å². The van der Waals surface area contributed by atoms with E-state index in [1.54, 1.807) is 19.9 Å². The Kier molecular flexibility index (Phi) is 4.58. The fourth-order valence-electron chi connectivity index (χ4n) is 2.47. The highest BCUT2D eigenvalue weighted by atomic mass is 32.1. The van der Waals surface area contributed by atoms with Crippen molar-refractivity contribution in [2.45, 2.75) is 33.2 Å². The van der Waals surface area contributed by atoms with Crippen molar-refractivity contribution in [1.82, 2.24) is 9.97 Å². The van der Waals surface area contributed by atoms with Gasteiger partial charge in [0.15, 0.2) is 11.6 Å². The van der Waals surface area contributed by atoms with Crippen LogP contribution in [0.4, 0.5) is 22.3 Å². The first-order chi connectivity index (χ1) is 11.9. The molecular formula is C16H19N5O3S. The second-order valence-electron chi connectivity index (χ2n) is 5.62. The molecule has 0 aliphatic carbocycles. The number of carbonyl (C=O) groups is 2. The Hall–Kier alpha value is -2.68. The smallest absolute Gasteiger partial charge is 0.340 e. The van der Waals surface area contributed by atoms with Crippen molar-refractivity contribution in [2.24, 2.45) is 0 Å². The molecule has 1 atom stereocenters. The molecule has 0 spiro atoms. The number of esters is 1. The van der Waals surface area contributed by atoms with Crippen LogP contribution in [0.1, 0.15) is 34.9 Å². The summed E-state index contributed by atoms with van der Waals surface area (Å²) >= 11 is 1.45. The van der Waals surface area contributed by atoms with Gasteiger partial charge in [-0.15, -0.1) is 11.3 Å². The second-order valence-corrected chi connectivity index (χ2v) is 6.76. The summed E-state index contributed by atoms with van der Waals surface area (Å²) < 4.78 is 4.85. The quantitative estimate of drug-likeness (QED) is 0.719. The van der Waals surface area contributed by atoms with Crippen molar-refractivity contribution in [1.29, 1.82) is 0 Å². The van der Waals surface area contributed by atoms with Crippen molar-refractivity contribution >= 4 is 45.5 Å². The van der Waals surface area contributed by atoms with Gasteiger partial charge in [0, 0.05) is 4.88 Å². The third kappa shape index (κ3) is 3.27. The molecule has 0 saturated carbocycles. The number of hydrogen-bond acceptors (Lipinski definition) is 8. The van der Waals surface area contributed by atoms with E-state index in [1.165, 1.54) is 18.4 Å². The minimum Gasteiger partial charge on any atom is -0.465 e. The van der Waals surface area contributed by atoms with Crippen LogP contribution >= 0.6 is 11.3 Å². The van der Waals surface area contributed by atoms with Gasteiger partial charge in [0.2, 0.25) is 5.91 Å². The highest BCUT2D eigenvalue weighted by Crippen LogP contribution is 2.37. The fraction of sp³-hybridized carbons (Fsp3) is 0.375. The van der Waals surface area contributed by atoms with Crippen molar-refractivity contribution < 1.29 is 14.3 Å². The minimum absolute atomic E-state index is 0.170. The molecule has 1 aliphatic heterocycles. The van der Waals surface area contributed by atoms with Crippen LogP contribution in [0.2, 0.25) is 0 Å². The summed E-state index contributed by atoms with van der Waals surface area (Å²) in [6.45, 7) is 5.53. The van der Waals surface area contributed by atoms with Crippen LogP contribution < -0.4 is 16.0 Å². The lowest BCUT2D eigenvalue weighted by atomic mass is 10.2. The van der Waals surface area contributed by atoms with Gasteiger partial charge in [0.1, 0.15) is 22.6 Å². The first-order valence-corrected chi connectivity index (χ1v) is 8.68. The number of nitrogens with one attached hydrogen (secondary N) is 3. The SMILES string of the molecule is CCc1cc(C(=O)OC)c(Nc2nc(C)nc3c2NC(=O)C(C)N3)s1. The van der Waals surface area contributed by atoms with Crippen LogP contribution in [0.5, 0.6) is 0 Å². The van der Waals surface area contributed by atoms with Crippen LogP contribution in [0.3, 0.4) is 0 Å². The van der Waals surface area contributed by atoms with Gasteiger partial charge in [-0.05, 0) is 26.3 Å². The summed E-state index contributed by atoms with van der Waals surface area (Å²) in [5.74, 6) is 0.938. The first kappa shape index (κ1) is 17.2. The third-order valence-electron chi connectivity index (χ3n) is 3.78. The normalized spacial score (nSPS) is 15.8. The maximum absolute atomic E-state index is 12.0. The molecule has 9 heteroatoms. The summed E-state index contributed by atoms with van der Waals surface area (Å²) in [5.41, 5.74) is 0.911. The van der Waals surface area contributed by atoms with Crippen LogP contribution in [-0.4, -0.2) is 35.0 Å². The molecule has 0 saturated heterocycles. The number of thiophene rings is 1. The van der Waals surface area contributed by atoms with E-state index in [9.17, 15) is 9.59 Å². The lowest BCUT2D eigenvalue weighted by molar-refractivity contribution is -0.116. The minimum atomic E-state index is -0.422. The second kappa shape index (κ2) is 6.67. The number of hydrogen-bond donors (Lipinski definition) is 3. The molecule has 2 aromatic heterocycles. The summed E-state index contributed by atoms with van der Waals surface area (Å²) in [7, 11) is 1.34. The van der Waals surface area contributed by atoms with Gasteiger partial charge in [0.25, 0.3) is 0 Å². The van der Waals surface area contributed by atoms with Crippen molar-refractivity contribution in [3.63, 3.8) is 0 Å². The monoisotopic (exact) mass is 361 g/mol. The van der Waals surface area contributed by atoms with E-state index in [4.69, 9.17) is 4.74 Å². The summed E-state index contributed by atoms with van der Waals surface area (Å²) in [5, 5.41) is 9.64.